The van der Waals surface area contributed by atoms with Crippen LogP contribution in [0.1, 0.15) is 45.1 Å². The Morgan fingerprint density at radius 3 is 2.60 bits per heavy atom. The van der Waals surface area contributed by atoms with E-state index in [9.17, 15) is 13.2 Å². The highest BCUT2D eigenvalue weighted by Gasteiger charge is 2.37. The number of carbonyl (C=O) groups excluding carboxylic acids is 1. The summed E-state index contributed by atoms with van der Waals surface area (Å²) in [6, 6.07) is 4.93. The van der Waals surface area contributed by atoms with E-state index in [-0.39, 0.29) is 16.7 Å². The van der Waals surface area contributed by atoms with Crippen molar-refractivity contribution in [1.29, 1.82) is 0 Å². The Bertz CT molecular complexity index is 754. The number of hydrogen-bond acceptors (Lipinski definition) is 4. The van der Waals surface area contributed by atoms with Crippen LogP contribution in [0, 0.1) is 5.92 Å². The van der Waals surface area contributed by atoms with Gasteiger partial charge in [-0.3, -0.25) is 4.79 Å². The normalized spacial score (nSPS) is 24.6. The molecule has 138 valence electrons. The lowest BCUT2D eigenvalue weighted by Gasteiger charge is -2.29. The number of likely N-dealkylation sites (N-methyl/N-ethyl adjacent to an activating group) is 1. The molecule has 0 bridgehead atoms. The van der Waals surface area contributed by atoms with E-state index in [0.717, 1.165) is 18.4 Å². The van der Waals surface area contributed by atoms with Crippen molar-refractivity contribution in [1.82, 2.24) is 9.62 Å². The summed E-state index contributed by atoms with van der Waals surface area (Å²) >= 11 is 0. The van der Waals surface area contributed by atoms with Crippen molar-refractivity contribution >= 4 is 15.9 Å². The number of amides is 1. The molecule has 0 aliphatic carbocycles. The van der Waals surface area contributed by atoms with Gasteiger partial charge in [0.05, 0.1) is 4.90 Å². The summed E-state index contributed by atoms with van der Waals surface area (Å²) in [5.41, 5.74) is 0.780. The molecule has 1 aromatic carbocycles. The zero-order chi connectivity index (χ0) is 18.2. The van der Waals surface area contributed by atoms with Gasteiger partial charge < -0.3 is 10.1 Å². The fourth-order valence-electron chi connectivity index (χ4n) is 3.48. The maximum absolute atomic E-state index is 12.9. The third-order valence-corrected chi connectivity index (χ3v) is 7.06. The molecule has 3 rings (SSSR count). The largest absolute Gasteiger partial charge is 0.480 e. The Kier molecular flexibility index (Phi) is 5.06. The summed E-state index contributed by atoms with van der Waals surface area (Å²) in [4.78, 5) is 12.4. The van der Waals surface area contributed by atoms with Gasteiger partial charge in [0.1, 0.15) is 5.75 Å². The number of sulfonamides is 1. The Balaban J connectivity index is 1.84. The highest BCUT2D eigenvalue weighted by molar-refractivity contribution is 7.89. The Hall–Kier alpha value is -1.60. The number of fused-ring (bicyclic) bond motifs is 1. The molecule has 2 unspecified atom stereocenters. The molecule has 25 heavy (non-hydrogen) atoms. The van der Waals surface area contributed by atoms with Crippen molar-refractivity contribution in [2.45, 2.75) is 50.5 Å². The smallest absolute Gasteiger partial charge is 0.261 e. The van der Waals surface area contributed by atoms with Gasteiger partial charge in [-0.25, -0.2) is 8.42 Å². The van der Waals surface area contributed by atoms with Crippen LogP contribution in [-0.2, 0) is 14.8 Å². The second-order valence-corrected chi connectivity index (χ2v) is 8.95. The van der Waals surface area contributed by atoms with E-state index in [4.69, 9.17) is 4.74 Å². The summed E-state index contributed by atoms with van der Waals surface area (Å²) in [6.45, 7) is 7.57. The molecule has 1 aromatic rings. The van der Waals surface area contributed by atoms with Crippen molar-refractivity contribution in [3.05, 3.63) is 23.8 Å². The predicted molar refractivity (Wildman–Crippen MR) is 95.1 cm³/mol. The monoisotopic (exact) mass is 366 g/mol. The number of benzene rings is 1. The molecular weight excluding hydrogens is 340 g/mol. The third-order valence-electron chi connectivity index (χ3n) is 5.17. The Morgan fingerprint density at radius 2 is 1.96 bits per heavy atom. The molecule has 0 aromatic heterocycles. The van der Waals surface area contributed by atoms with E-state index in [1.807, 2.05) is 13.8 Å². The highest BCUT2D eigenvalue weighted by Crippen LogP contribution is 2.40. The number of nitrogens with one attached hydrogen (secondary N) is 1. The van der Waals surface area contributed by atoms with E-state index < -0.39 is 16.1 Å². The van der Waals surface area contributed by atoms with Gasteiger partial charge in [-0.1, -0.05) is 13.8 Å². The Labute approximate surface area is 149 Å². The molecular formula is C18H26N2O4S. The standard InChI is InChI=1S/C18H26N2O4S/c1-4-19-18(21)17-13(3)15-11-14(5-6-16(15)24-17)25(22,23)20-9-7-12(2)8-10-20/h5-6,11-13,17H,4,7-10H2,1-3H3,(H,19,21). The molecule has 2 atom stereocenters. The van der Waals surface area contributed by atoms with Gasteiger partial charge in [-0.05, 0) is 43.9 Å². The van der Waals surface area contributed by atoms with Crippen molar-refractivity contribution in [3.63, 3.8) is 0 Å². The van der Waals surface area contributed by atoms with Gasteiger partial charge in [0.2, 0.25) is 10.0 Å². The molecule has 7 heteroatoms. The summed E-state index contributed by atoms with van der Waals surface area (Å²) < 4.78 is 33.2. The zero-order valence-electron chi connectivity index (χ0n) is 15.0. The van der Waals surface area contributed by atoms with Crippen molar-refractivity contribution in [2.75, 3.05) is 19.6 Å². The van der Waals surface area contributed by atoms with E-state index in [1.165, 1.54) is 0 Å². The van der Waals surface area contributed by atoms with E-state index >= 15 is 0 Å². The lowest BCUT2D eigenvalue weighted by molar-refractivity contribution is -0.127. The minimum absolute atomic E-state index is 0.166. The van der Waals surface area contributed by atoms with Crippen LogP contribution in [0.4, 0.5) is 0 Å². The average Bonchev–Trinajstić information content (AvgIpc) is 2.92. The number of piperidine rings is 1. The topological polar surface area (TPSA) is 75.7 Å². The Morgan fingerprint density at radius 1 is 1.28 bits per heavy atom. The maximum Gasteiger partial charge on any atom is 0.261 e. The fourth-order valence-corrected chi connectivity index (χ4v) is 4.99. The number of rotatable bonds is 4. The number of carbonyl (C=O) groups is 1. The average molecular weight is 366 g/mol. The van der Waals surface area contributed by atoms with Crippen LogP contribution < -0.4 is 10.1 Å². The summed E-state index contributed by atoms with van der Waals surface area (Å²) in [5.74, 6) is 0.811. The first-order valence-corrected chi connectivity index (χ1v) is 10.4. The SMILES string of the molecule is CCNC(=O)C1Oc2ccc(S(=O)(=O)N3CCC(C)CC3)cc2C1C. The molecule has 1 saturated heterocycles. The first kappa shape index (κ1) is 18.2. The van der Waals surface area contributed by atoms with Crippen molar-refractivity contribution < 1.29 is 17.9 Å². The second kappa shape index (κ2) is 6.96. The zero-order valence-corrected chi connectivity index (χ0v) is 15.8. The molecule has 1 fully saturated rings. The van der Waals surface area contributed by atoms with Crippen LogP contribution in [0.25, 0.3) is 0 Å². The minimum atomic E-state index is -3.50. The predicted octanol–water partition coefficient (Wildman–Crippen LogP) is 2.11. The molecule has 6 nitrogen and oxygen atoms in total. The first-order valence-electron chi connectivity index (χ1n) is 8.93. The molecule has 2 aliphatic rings. The van der Waals surface area contributed by atoms with Gasteiger partial charge in [0.15, 0.2) is 6.10 Å². The molecule has 0 spiro atoms. The van der Waals surface area contributed by atoms with Crippen LogP contribution in [0.2, 0.25) is 0 Å². The van der Waals surface area contributed by atoms with Crippen LogP contribution in [-0.4, -0.2) is 44.4 Å². The van der Waals surface area contributed by atoms with E-state index in [0.29, 0.717) is 31.3 Å². The summed E-state index contributed by atoms with van der Waals surface area (Å²) in [6.07, 6.45) is 1.18. The van der Waals surface area contributed by atoms with Crippen LogP contribution in [0.3, 0.4) is 0 Å². The molecule has 0 radical (unpaired) electrons. The fraction of sp³-hybridized carbons (Fsp3) is 0.611. The molecule has 2 heterocycles. The summed E-state index contributed by atoms with van der Waals surface area (Å²) in [7, 11) is -3.50. The van der Waals surface area contributed by atoms with Crippen molar-refractivity contribution in [3.8, 4) is 5.75 Å². The highest BCUT2D eigenvalue weighted by atomic mass is 32.2. The molecule has 1 N–H and O–H groups in total. The van der Waals surface area contributed by atoms with Gasteiger partial charge in [0.25, 0.3) is 5.91 Å². The molecule has 2 aliphatic heterocycles. The van der Waals surface area contributed by atoms with Crippen LogP contribution in [0.5, 0.6) is 5.75 Å². The van der Waals surface area contributed by atoms with E-state index in [2.05, 4.69) is 12.2 Å². The quantitative estimate of drug-likeness (QED) is 0.885. The van der Waals surface area contributed by atoms with Gasteiger partial charge in [-0.15, -0.1) is 0 Å². The van der Waals surface area contributed by atoms with Crippen LogP contribution >= 0.6 is 0 Å². The van der Waals surface area contributed by atoms with E-state index in [1.54, 1.807) is 22.5 Å². The minimum Gasteiger partial charge on any atom is -0.480 e. The van der Waals surface area contributed by atoms with Gasteiger partial charge in [0, 0.05) is 31.1 Å². The van der Waals surface area contributed by atoms with Gasteiger partial charge in [-0.2, -0.15) is 4.31 Å². The molecule has 0 saturated carbocycles. The van der Waals surface area contributed by atoms with Crippen LogP contribution in [0.15, 0.2) is 23.1 Å². The molecule has 1 amide bonds. The summed E-state index contributed by atoms with van der Waals surface area (Å²) in [5, 5.41) is 2.76. The number of ether oxygens (including phenoxy) is 1. The number of hydrogen-bond donors (Lipinski definition) is 1. The number of nitrogens with zero attached hydrogens (tertiary/aromatic N) is 1. The van der Waals surface area contributed by atoms with Gasteiger partial charge >= 0.3 is 0 Å². The lowest BCUT2D eigenvalue weighted by Crippen LogP contribution is -2.38. The first-order chi connectivity index (χ1) is 11.8. The lowest BCUT2D eigenvalue weighted by atomic mass is 9.97. The second-order valence-electron chi connectivity index (χ2n) is 7.01. The maximum atomic E-state index is 12.9. The third kappa shape index (κ3) is 3.40. The van der Waals surface area contributed by atoms with Crippen molar-refractivity contribution in [2.24, 2.45) is 5.92 Å².